The number of carbonyl (C=O) groups excluding carboxylic acids is 4. The van der Waals surface area contributed by atoms with Gasteiger partial charge < -0.3 is 31.1 Å². The second kappa shape index (κ2) is 18.8. The largest absolute Gasteiger partial charge is 0.481 e. The fraction of sp³-hybridized carbons (Fsp3) is 0.884. The normalized spacial score (nSPS) is 36.6. The van der Waals surface area contributed by atoms with Crippen LogP contribution in [0.15, 0.2) is 0 Å². The lowest BCUT2D eigenvalue weighted by atomic mass is 9.44. The molecule has 0 aromatic rings. The predicted octanol–water partition coefficient (Wildman–Crippen LogP) is 6.97. The van der Waals surface area contributed by atoms with Crippen molar-refractivity contribution >= 4 is 41.5 Å². The van der Waals surface area contributed by atoms with E-state index in [1.807, 2.05) is 11.8 Å². The Labute approximate surface area is 333 Å². The van der Waals surface area contributed by atoms with Crippen LogP contribution in [0, 0.1) is 46.3 Å². The number of fused-ring (bicyclic) bond motifs is 6. The summed E-state index contributed by atoms with van der Waals surface area (Å²) in [6.07, 6.45) is 18.0. The first-order chi connectivity index (χ1) is 26.4. The number of amides is 4. The Morgan fingerprint density at radius 2 is 1.56 bits per heavy atom. The van der Waals surface area contributed by atoms with E-state index in [-0.39, 0.29) is 54.8 Å². The van der Waals surface area contributed by atoms with Crippen molar-refractivity contribution in [1.29, 1.82) is 0 Å². The summed E-state index contributed by atoms with van der Waals surface area (Å²) < 4.78 is 6.00. The topological polar surface area (TPSA) is 163 Å². The Morgan fingerprint density at radius 3 is 2.35 bits per heavy atom. The highest BCUT2D eigenvalue weighted by atomic mass is 32.2. The minimum Gasteiger partial charge on any atom is -0.481 e. The van der Waals surface area contributed by atoms with Crippen molar-refractivity contribution in [3.05, 3.63) is 0 Å². The highest BCUT2D eigenvalue weighted by Crippen LogP contribution is 2.68. The van der Waals surface area contributed by atoms with Crippen LogP contribution in [0.4, 0.5) is 4.79 Å². The van der Waals surface area contributed by atoms with Gasteiger partial charge in [-0.1, -0.05) is 33.6 Å². The zero-order chi connectivity index (χ0) is 39.2. The number of hydrogen-bond donors (Lipinski definition) is 5. The molecule has 0 bridgehead atoms. The van der Waals surface area contributed by atoms with Gasteiger partial charge in [0.25, 0.3) is 0 Å². The van der Waals surface area contributed by atoms with Crippen LogP contribution in [0.2, 0.25) is 0 Å². The Morgan fingerprint density at radius 1 is 0.836 bits per heavy atom. The van der Waals surface area contributed by atoms with Gasteiger partial charge in [-0.25, -0.2) is 4.79 Å². The van der Waals surface area contributed by atoms with E-state index in [2.05, 4.69) is 42.0 Å². The number of hydrogen-bond acceptors (Lipinski definition) is 7. The summed E-state index contributed by atoms with van der Waals surface area (Å²) in [7, 11) is 0. The van der Waals surface area contributed by atoms with Crippen molar-refractivity contribution in [3.63, 3.8) is 0 Å². The quantitative estimate of drug-likeness (QED) is 0.0533. The molecule has 4 amide bonds. The van der Waals surface area contributed by atoms with Gasteiger partial charge in [-0.2, -0.15) is 11.8 Å². The first-order valence-corrected chi connectivity index (χ1v) is 23.1. The molecule has 2 aliphatic heterocycles. The molecule has 6 fully saturated rings. The third kappa shape index (κ3) is 10.2. The van der Waals surface area contributed by atoms with Gasteiger partial charge in [-0.3, -0.25) is 19.2 Å². The lowest BCUT2D eigenvalue weighted by Crippen LogP contribution is -2.54. The number of urea groups is 1. The zero-order valence-corrected chi connectivity index (χ0v) is 34.7. The maximum absolute atomic E-state index is 12.8. The third-order valence-corrected chi connectivity index (χ3v) is 17.1. The zero-order valence-electron chi connectivity index (χ0n) is 33.8. The second-order valence-electron chi connectivity index (χ2n) is 18.8. The smallest absolute Gasteiger partial charge is 0.315 e. The number of ether oxygens (including phenoxy) is 1. The van der Waals surface area contributed by atoms with E-state index in [4.69, 9.17) is 4.74 Å². The number of aliphatic carboxylic acids is 1. The molecule has 55 heavy (non-hydrogen) atoms. The van der Waals surface area contributed by atoms with Gasteiger partial charge in [0.2, 0.25) is 11.8 Å². The van der Waals surface area contributed by atoms with E-state index in [1.165, 1.54) is 38.5 Å². The standard InChI is InChI=1S/C43H70N4O7S/c1-27(12-17-38(50)51)31-15-16-32-30-14-13-28-25-29(18-21-42(28,2)33(30)19-22-43(31,32)3)54-39(52)20-24-45-37(49)10-5-4-8-23-44-36(48)11-7-6-9-35-40-34(26-55-35)46-41(53)47-40/h27-35,40H,4-26H2,1-3H3,(H,44,48)(H,45,49)(H,50,51)(H2,46,47,53)/t27-,28?,29?,30+,31-,32+,33+,34+,35+,40+,42+,43-/m1/s1. The van der Waals surface area contributed by atoms with E-state index in [0.717, 1.165) is 87.7 Å². The lowest BCUT2D eigenvalue weighted by Gasteiger charge is -2.61. The van der Waals surface area contributed by atoms with Crippen molar-refractivity contribution in [3.8, 4) is 0 Å². The van der Waals surface area contributed by atoms with E-state index in [0.29, 0.717) is 59.8 Å². The number of carboxylic acid groups (broad SMARTS) is 1. The molecule has 0 aromatic carbocycles. The molecular weight excluding hydrogens is 717 g/mol. The summed E-state index contributed by atoms with van der Waals surface area (Å²) in [6, 6.07) is 0.391. The average molecular weight is 787 g/mol. The Hall–Kier alpha value is -2.50. The first-order valence-electron chi connectivity index (χ1n) is 22.0. The molecule has 310 valence electrons. The fourth-order valence-corrected chi connectivity index (χ4v) is 14.2. The number of esters is 1. The molecule has 0 aromatic heterocycles. The van der Waals surface area contributed by atoms with Gasteiger partial charge in [0.1, 0.15) is 6.10 Å². The summed E-state index contributed by atoms with van der Waals surface area (Å²) in [5, 5.41) is 21.6. The summed E-state index contributed by atoms with van der Waals surface area (Å²) >= 11 is 1.90. The Kier molecular flexibility index (Phi) is 14.4. The van der Waals surface area contributed by atoms with E-state index < -0.39 is 5.97 Å². The van der Waals surface area contributed by atoms with Gasteiger partial charge in [0, 0.05) is 43.4 Å². The van der Waals surface area contributed by atoms with Gasteiger partial charge in [0.05, 0.1) is 18.5 Å². The minimum atomic E-state index is -0.676. The molecule has 0 spiro atoms. The molecule has 4 aliphatic carbocycles. The summed E-state index contributed by atoms with van der Waals surface area (Å²) in [5.74, 6) is 4.01. The van der Waals surface area contributed by atoms with Crippen LogP contribution in [0.5, 0.6) is 0 Å². The van der Waals surface area contributed by atoms with Gasteiger partial charge >= 0.3 is 18.0 Å². The molecule has 5 N–H and O–H groups in total. The maximum atomic E-state index is 12.8. The minimum absolute atomic E-state index is 0.0303. The molecule has 0 radical (unpaired) electrons. The van der Waals surface area contributed by atoms with Crippen LogP contribution < -0.4 is 21.3 Å². The monoisotopic (exact) mass is 786 g/mol. The van der Waals surface area contributed by atoms with Crippen LogP contribution in [0.25, 0.3) is 0 Å². The van der Waals surface area contributed by atoms with Crippen LogP contribution >= 0.6 is 11.8 Å². The molecule has 2 unspecified atom stereocenters. The molecule has 6 aliphatic rings. The van der Waals surface area contributed by atoms with Crippen molar-refractivity contribution < 1.29 is 33.8 Å². The SMILES string of the molecule is C[C@H](CCC(=O)O)[C@H]1CC[C@H]2[C@@H]3CCC4CC(OC(=O)CCNC(=O)CCCCCNC(=O)CCCC[C@@H]5SC[C@@H]6NC(=O)N[C@@H]65)CC[C@]4(C)[C@H]3CC[C@]12C. The average Bonchev–Trinajstić information content (AvgIpc) is 3.82. The van der Waals surface area contributed by atoms with Crippen LogP contribution in [0.3, 0.4) is 0 Å². The number of nitrogens with one attached hydrogen (secondary N) is 4. The van der Waals surface area contributed by atoms with Gasteiger partial charge in [0.15, 0.2) is 0 Å². The Balaban J connectivity index is 0.793. The van der Waals surface area contributed by atoms with Crippen LogP contribution in [-0.2, 0) is 23.9 Å². The Bertz CT molecular complexity index is 1380. The van der Waals surface area contributed by atoms with Crippen molar-refractivity contribution in [2.45, 2.75) is 173 Å². The van der Waals surface area contributed by atoms with Gasteiger partial charge in [-0.05, 0) is 136 Å². The van der Waals surface area contributed by atoms with E-state index >= 15 is 0 Å². The summed E-state index contributed by atoms with van der Waals surface area (Å²) in [4.78, 5) is 60.2. The molecule has 4 saturated carbocycles. The lowest BCUT2D eigenvalue weighted by molar-refractivity contribution is -0.162. The third-order valence-electron chi connectivity index (χ3n) is 15.6. The number of carboxylic acids is 1. The molecule has 12 atom stereocenters. The summed E-state index contributed by atoms with van der Waals surface area (Å²) in [6.45, 7) is 8.28. The van der Waals surface area contributed by atoms with E-state index in [9.17, 15) is 29.1 Å². The number of thioether (sulfide) groups is 1. The molecule has 2 saturated heterocycles. The molecule has 12 heteroatoms. The highest BCUT2D eigenvalue weighted by molar-refractivity contribution is 8.00. The van der Waals surface area contributed by atoms with Crippen molar-refractivity contribution in [2.24, 2.45) is 46.3 Å². The number of unbranched alkanes of at least 4 members (excludes halogenated alkanes) is 3. The number of carbonyl (C=O) groups is 5. The number of rotatable bonds is 19. The van der Waals surface area contributed by atoms with Crippen molar-refractivity contribution in [1.82, 2.24) is 21.3 Å². The molecule has 6 rings (SSSR count). The van der Waals surface area contributed by atoms with E-state index in [1.54, 1.807) is 0 Å². The van der Waals surface area contributed by atoms with Crippen LogP contribution in [-0.4, -0.2) is 77.2 Å². The second-order valence-corrected chi connectivity index (χ2v) is 20.1. The molecule has 2 heterocycles. The maximum Gasteiger partial charge on any atom is 0.315 e. The molecular formula is C43H70N4O7S. The fourth-order valence-electron chi connectivity index (χ4n) is 12.7. The predicted molar refractivity (Wildman–Crippen MR) is 214 cm³/mol. The van der Waals surface area contributed by atoms with Crippen LogP contribution in [0.1, 0.15) is 149 Å². The first kappa shape index (κ1) is 42.1. The van der Waals surface area contributed by atoms with Gasteiger partial charge in [-0.15, -0.1) is 0 Å². The summed E-state index contributed by atoms with van der Waals surface area (Å²) in [5.41, 5.74) is 0.634. The highest BCUT2D eigenvalue weighted by Gasteiger charge is 2.60. The van der Waals surface area contributed by atoms with Crippen molar-refractivity contribution in [2.75, 3.05) is 18.8 Å². The molecule has 11 nitrogen and oxygen atoms in total.